The molecule has 1 aromatic heterocycles. The lowest BCUT2D eigenvalue weighted by Crippen LogP contribution is -2.45. The largest absolute Gasteiger partial charge is 0.355 e. The SMILES string of the molecule is CN1CCCC(N(C)c2ncnc(Cl)c2C=O)C1. The average molecular weight is 269 g/mol. The molecule has 2 rings (SSSR count). The van der Waals surface area contributed by atoms with Crippen LogP contribution in [0, 0.1) is 0 Å². The molecule has 1 unspecified atom stereocenters. The van der Waals surface area contributed by atoms with E-state index in [9.17, 15) is 4.79 Å². The summed E-state index contributed by atoms with van der Waals surface area (Å²) < 4.78 is 0. The Morgan fingerprint density at radius 3 is 3.00 bits per heavy atom. The van der Waals surface area contributed by atoms with E-state index in [2.05, 4.69) is 21.9 Å². The van der Waals surface area contributed by atoms with Crippen molar-refractivity contribution in [2.24, 2.45) is 0 Å². The number of hydrogen-bond acceptors (Lipinski definition) is 5. The monoisotopic (exact) mass is 268 g/mol. The average Bonchev–Trinajstić information content (AvgIpc) is 2.37. The van der Waals surface area contributed by atoms with Crippen LogP contribution >= 0.6 is 11.6 Å². The lowest BCUT2D eigenvalue weighted by atomic mass is 10.0. The molecule has 1 saturated heterocycles. The molecule has 6 heteroatoms. The van der Waals surface area contributed by atoms with Crippen molar-refractivity contribution in [2.75, 3.05) is 32.1 Å². The summed E-state index contributed by atoms with van der Waals surface area (Å²) in [5, 5.41) is 0.214. The number of aldehydes is 1. The maximum absolute atomic E-state index is 11.1. The molecule has 1 aromatic rings. The quantitative estimate of drug-likeness (QED) is 0.614. The topological polar surface area (TPSA) is 49.3 Å². The number of hydrogen-bond donors (Lipinski definition) is 0. The molecule has 1 atom stereocenters. The van der Waals surface area contributed by atoms with Crippen LogP contribution in [0.3, 0.4) is 0 Å². The Morgan fingerprint density at radius 1 is 1.56 bits per heavy atom. The molecule has 0 radical (unpaired) electrons. The Hall–Kier alpha value is -1.20. The van der Waals surface area contributed by atoms with Gasteiger partial charge in [-0.1, -0.05) is 11.6 Å². The van der Waals surface area contributed by atoms with Crippen LogP contribution in [0.15, 0.2) is 6.33 Å². The minimum atomic E-state index is 0.214. The van der Waals surface area contributed by atoms with E-state index in [1.165, 1.54) is 6.33 Å². The minimum absolute atomic E-state index is 0.214. The third-order valence-electron chi connectivity index (χ3n) is 3.41. The van der Waals surface area contributed by atoms with Crippen LogP contribution in [0.5, 0.6) is 0 Å². The molecular formula is C12H17ClN4O. The first kappa shape index (κ1) is 13.2. The van der Waals surface area contributed by atoms with Gasteiger partial charge in [-0.25, -0.2) is 9.97 Å². The first-order valence-electron chi connectivity index (χ1n) is 6.00. The van der Waals surface area contributed by atoms with Gasteiger partial charge in [0.25, 0.3) is 0 Å². The van der Waals surface area contributed by atoms with Crippen LogP contribution in [0.2, 0.25) is 5.15 Å². The Kier molecular flexibility index (Phi) is 4.14. The standard InChI is InChI=1S/C12H17ClN4O/c1-16-5-3-4-9(6-16)17(2)12-10(7-18)11(13)14-8-15-12/h7-9H,3-6H2,1-2H3. The smallest absolute Gasteiger partial charge is 0.156 e. The number of rotatable bonds is 3. The van der Waals surface area contributed by atoms with E-state index in [0.29, 0.717) is 17.4 Å². The Bertz CT molecular complexity index is 440. The number of likely N-dealkylation sites (tertiary alicyclic amines) is 1. The summed E-state index contributed by atoms with van der Waals surface area (Å²) in [6, 6.07) is 0.355. The van der Waals surface area contributed by atoms with Gasteiger partial charge in [0.2, 0.25) is 0 Å². The molecule has 0 amide bonds. The van der Waals surface area contributed by atoms with E-state index in [0.717, 1.165) is 32.2 Å². The highest BCUT2D eigenvalue weighted by atomic mass is 35.5. The van der Waals surface area contributed by atoms with Crippen LogP contribution in [0.1, 0.15) is 23.2 Å². The van der Waals surface area contributed by atoms with Crippen LogP contribution in [-0.4, -0.2) is 54.4 Å². The molecule has 0 spiro atoms. The van der Waals surface area contributed by atoms with E-state index in [4.69, 9.17) is 11.6 Å². The predicted octanol–water partition coefficient (Wildman–Crippen LogP) is 1.47. The molecule has 0 bridgehead atoms. The first-order chi connectivity index (χ1) is 8.63. The summed E-state index contributed by atoms with van der Waals surface area (Å²) in [7, 11) is 4.06. The second-order valence-corrected chi connectivity index (χ2v) is 5.05. The van der Waals surface area contributed by atoms with E-state index in [1.54, 1.807) is 0 Å². The summed E-state index contributed by atoms with van der Waals surface area (Å²) in [4.78, 5) is 23.4. The van der Waals surface area contributed by atoms with Gasteiger partial charge in [-0.2, -0.15) is 0 Å². The Labute approximate surface area is 112 Å². The van der Waals surface area contributed by atoms with E-state index in [1.807, 2.05) is 11.9 Å². The molecule has 1 aliphatic rings. The number of nitrogens with zero attached hydrogens (tertiary/aromatic N) is 4. The number of carbonyl (C=O) groups is 1. The van der Waals surface area contributed by atoms with Gasteiger partial charge in [0.05, 0.1) is 5.56 Å². The zero-order valence-corrected chi connectivity index (χ0v) is 11.4. The lowest BCUT2D eigenvalue weighted by Gasteiger charge is -2.36. The summed E-state index contributed by atoms with van der Waals surface area (Å²) in [6.07, 6.45) is 4.37. The van der Waals surface area contributed by atoms with Crippen molar-refractivity contribution < 1.29 is 4.79 Å². The van der Waals surface area contributed by atoms with Gasteiger partial charge < -0.3 is 9.80 Å². The van der Waals surface area contributed by atoms with Crippen molar-refractivity contribution >= 4 is 23.7 Å². The maximum Gasteiger partial charge on any atom is 0.156 e. The molecule has 0 N–H and O–H groups in total. The van der Waals surface area contributed by atoms with Gasteiger partial charge in [-0.3, -0.25) is 4.79 Å². The highest BCUT2D eigenvalue weighted by Crippen LogP contribution is 2.24. The maximum atomic E-state index is 11.1. The second-order valence-electron chi connectivity index (χ2n) is 4.69. The fourth-order valence-corrected chi connectivity index (χ4v) is 2.55. The zero-order valence-electron chi connectivity index (χ0n) is 10.6. The van der Waals surface area contributed by atoms with Gasteiger partial charge in [-0.05, 0) is 26.4 Å². The third kappa shape index (κ3) is 2.62. The molecule has 18 heavy (non-hydrogen) atoms. The predicted molar refractivity (Wildman–Crippen MR) is 71.4 cm³/mol. The Balaban J connectivity index is 2.25. The number of piperidine rings is 1. The normalized spacial score (nSPS) is 20.7. The molecule has 5 nitrogen and oxygen atoms in total. The van der Waals surface area contributed by atoms with Gasteiger partial charge >= 0.3 is 0 Å². The van der Waals surface area contributed by atoms with Gasteiger partial charge in [0, 0.05) is 19.6 Å². The minimum Gasteiger partial charge on any atom is -0.355 e. The zero-order chi connectivity index (χ0) is 13.1. The summed E-state index contributed by atoms with van der Waals surface area (Å²) in [5.41, 5.74) is 0.370. The van der Waals surface area contributed by atoms with E-state index in [-0.39, 0.29) is 5.15 Å². The van der Waals surface area contributed by atoms with Crippen LogP contribution in [-0.2, 0) is 0 Å². The molecule has 1 aliphatic heterocycles. The number of anilines is 1. The number of aromatic nitrogens is 2. The molecular weight excluding hydrogens is 252 g/mol. The molecule has 2 heterocycles. The van der Waals surface area contributed by atoms with Crippen molar-refractivity contribution in [3.63, 3.8) is 0 Å². The summed E-state index contributed by atoms with van der Waals surface area (Å²) in [6.45, 7) is 2.09. The van der Waals surface area contributed by atoms with Crippen molar-refractivity contribution in [3.05, 3.63) is 17.0 Å². The molecule has 0 aromatic carbocycles. The van der Waals surface area contributed by atoms with Crippen LogP contribution < -0.4 is 4.90 Å². The van der Waals surface area contributed by atoms with Gasteiger partial charge in [0.15, 0.2) is 6.29 Å². The highest BCUT2D eigenvalue weighted by Gasteiger charge is 2.24. The molecule has 98 valence electrons. The van der Waals surface area contributed by atoms with Crippen molar-refractivity contribution in [1.29, 1.82) is 0 Å². The molecule has 0 aliphatic carbocycles. The number of likely N-dealkylation sites (N-methyl/N-ethyl adjacent to an activating group) is 2. The third-order valence-corrected chi connectivity index (χ3v) is 3.71. The highest BCUT2D eigenvalue weighted by molar-refractivity contribution is 6.32. The van der Waals surface area contributed by atoms with Crippen LogP contribution in [0.25, 0.3) is 0 Å². The lowest BCUT2D eigenvalue weighted by molar-refractivity contribution is 0.112. The summed E-state index contributed by atoms with van der Waals surface area (Å²) in [5.74, 6) is 0.616. The second kappa shape index (κ2) is 5.63. The van der Waals surface area contributed by atoms with Gasteiger partial charge in [-0.15, -0.1) is 0 Å². The Morgan fingerprint density at radius 2 is 2.33 bits per heavy atom. The van der Waals surface area contributed by atoms with Crippen molar-refractivity contribution in [3.8, 4) is 0 Å². The summed E-state index contributed by atoms with van der Waals surface area (Å²) >= 11 is 5.92. The van der Waals surface area contributed by atoms with E-state index >= 15 is 0 Å². The van der Waals surface area contributed by atoms with Gasteiger partial charge in [0.1, 0.15) is 17.3 Å². The number of carbonyl (C=O) groups excluding carboxylic acids is 1. The first-order valence-corrected chi connectivity index (χ1v) is 6.38. The molecule has 1 fully saturated rings. The van der Waals surface area contributed by atoms with E-state index < -0.39 is 0 Å². The number of halogens is 1. The molecule has 0 saturated carbocycles. The fraction of sp³-hybridized carbons (Fsp3) is 0.583. The van der Waals surface area contributed by atoms with Crippen LogP contribution in [0.4, 0.5) is 5.82 Å². The van der Waals surface area contributed by atoms with Crippen molar-refractivity contribution in [1.82, 2.24) is 14.9 Å². The fourth-order valence-electron chi connectivity index (χ4n) is 2.38. The van der Waals surface area contributed by atoms with Crippen molar-refractivity contribution in [2.45, 2.75) is 18.9 Å².